The molecule has 2 amide bonds. The number of fused-ring (bicyclic) bond motifs is 1. The van der Waals surface area contributed by atoms with E-state index in [-0.39, 0.29) is 48.6 Å². The molecular formula is C47H63N3O7. The number of aliphatic carboxylic acids is 1. The zero-order valence-corrected chi connectivity index (χ0v) is 34.1. The number of carboxylic acid groups (broad SMARTS) is 1. The molecule has 0 aromatic heterocycles. The molecule has 2 heterocycles. The Kier molecular flexibility index (Phi) is 15.0. The van der Waals surface area contributed by atoms with Crippen LogP contribution in [0.5, 0.6) is 0 Å². The molecule has 10 heteroatoms. The van der Waals surface area contributed by atoms with Crippen LogP contribution in [0.1, 0.15) is 139 Å². The lowest BCUT2D eigenvalue weighted by atomic mass is 9.75. The average Bonchev–Trinajstić information content (AvgIpc) is 3.20. The second-order valence-electron chi connectivity index (χ2n) is 17.4. The molecule has 2 saturated heterocycles. The van der Waals surface area contributed by atoms with Crippen molar-refractivity contribution < 1.29 is 34.1 Å². The average molecular weight is 782 g/mol. The predicted octanol–water partition coefficient (Wildman–Crippen LogP) is 8.37. The number of aliphatic hydroxyl groups is 1. The van der Waals surface area contributed by atoms with Crippen molar-refractivity contribution in [3.05, 3.63) is 95.1 Å². The topological polar surface area (TPSA) is 137 Å². The minimum absolute atomic E-state index is 0.00736. The summed E-state index contributed by atoms with van der Waals surface area (Å²) in [5.74, 6) is -0.0883. The fraction of sp³-hybridized carbons (Fsp3) is 0.553. The van der Waals surface area contributed by atoms with Gasteiger partial charge in [0, 0.05) is 49.5 Å². The van der Waals surface area contributed by atoms with Gasteiger partial charge in [0.2, 0.25) is 11.8 Å². The van der Waals surface area contributed by atoms with Crippen molar-refractivity contribution in [1.29, 1.82) is 0 Å². The first-order valence-corrected chi connectivity index (χ1v) is 21.2. The summed E-state index contributed by atoms with van der Waals surface area (Å²) >= 11 is 0. The number of benzene rings is 3. The van der Waals surface area contributed by atoms with Crippen LogP contribution in [0.25, 0.3) is 11.1 Å². The van der Waals surface area contributed by atoms with Gasteiger partial charge in [-0.25, -0.2) is 0 Å². The van der Waals surface area contributed by atoms with Crippen LogP contribution in [0.3, 0.4) is 0 Å². The highest BCUT2D eigenvalue weighted by molar-refractivity contribution is 5.82. The molecule has 0 radical (unpaired) electrons. The second-order valence-corrected chi connectivity index (χ2v) is 17.4. The van der Waals surface area contributed by atoms with E-state index in [0.717, 1.165) is 71.9 Å². The summed E-state index contributed by atoms with van der Waals surface area (Å²) in [5.41, 5.74) is 5.51. The van der Waals surface area contributed by atoms with Crippen LogP contribution in [0.4, 0.5) is 0 Å². The van der Waals surface area contributed by atoms with E-state index in [1.807, 2.05) is 69.3 Å². The molecule has 2 aliphatic heterocycles. The summed E-state index contributed by atoms with van der Waals surface area (Å²) in [6, 6.07) is 24.6. The van der Waals surface area contributed by atoms with E-state index in [1.165, 1.54) is 19.3 Å². The third kappa shape index (κ3) is 12.2. The molecule has 3 fully saturated rings. The first kappa shape index (κ1) is 42.5. The molecule has 3 aromatic carbocycles. The number of nitrogens with one attached hydrogen (secondary N) is 2. The lowest BCUT2D eigenvalue weighted by Crippen LogP contribution is -2.61. The van der Waals surface area contributed by atoms with Gasteiger partial charge in [0.05, 0.1) is 24.9 Å². The quantitative estimate of drug-likeness (QED) is 0.107. The SMILES string of the molecule is CC(C)(C)NC(=O)[C@H]1CC[C@H]2CCCC[C@H]2N1C[C@H]1C[C@@H](c2ccc(CO)cc2)O[C@@H](c2cccc(-c3cccc(CNC(=O)CCCCCCC(=O)O)c3)c2)O1. The van der Waals surface area contributed by atoms with E-state index in [1.54, 1.807) is 0 Å². The van der Waals surface area contributed by atoms with Crippen molar-refractivity contribution in [2.24, 2.45) is 5.92 Å². The molecule has 1 saturated carbocycles. The molecule has 4 N–H and O–H groups in total. The van der Waals surface area contributed by atoms with Crippen molar-refractivity contribution in [2.75, 3.05) is 6.54 Å². The van der Waals surface area contributed by atoms with Crippen molar-refractivity contribution in [3.8, 4) is 11.1 Å². The van der Waals surface area contributed by atoms with Gasteiger partial charge in [0.25, 0.3) is 0 Å². The molecule has 0 bridgehead atoms. The summed E-state index contributed by atoms with van der Waals surface area (Å²) in [6.45, 7) is 7.18. The number of carboxylic acids is 1. The number of rotatable bonds is 16. The van der Waals surface area contributed by atoms with Gasteiger partial charge in [0.15, 0.2) is 6.29 Å². The zero-order valence-electron chi connectivity index (χ0n) is 34.1. The van der Waals surface area contributed by atoms with Crippen molar-refractivity contribution in [3.63, 3.8) is 0 Å². The van der Waals surface area contributed by atoms with Crippen LogP contribution in [0, 0.1) is 5.92 Å². The minimum atomic E-state index is -0.778. The lowest BCUT2D eigenvalue weighted by molar-refractivity contribution is -0.255. The van der Waals surface area contributed by atoms with Gasteiger partial charge in [-0.2, -0.15) is 0 Å². The fourth-order valence-electron chi connectivity index (χ4n) is 8.93. The molecule has 10 nitrogen and oxygen atoms in total. The molecule has 0 spiro atoms. The van der Waals surface area contributed by atoms with E-state index in [4.69, 9.17) is 14.6 Å². The smallest absolute Gasteiger partial charge is 0.303 e. The summed E-state index contributed by atoms with van der Waals surface area (Å²) in [7, 11) is 0. The Morgan fingerprint density at radius 2 is 1.51 bits per heavy atom. The van der Waals surface area contributed by atoms with E-state index < -0.39 is 12.3 Å². The highest BCUT2D eigenvalue weighted by Crippen LogP contribution is 2.42. The third-order valence-electron chi connectivity index (χ3n) is 11.8. The highest BCUT2D eigenvalue weighted by Gasteiger charge is 2.44. The zero-order chi connectivity index (χ0) is 40.4. The number of carbonyl (C=O) groups excluding carboxylic acids is 2. The first-order chi connectivity index (χ1) is 27.5. The predicted molar refractivity (Wildman–Crippen MR) is 221 cm³/mol. The van der Waals surface area contributed by atoms with Gasteiger partial charge >= 0.3 is 5.97 Å². The molecule has 6 rings (SSSR count). The Labute approximate surface area is 338 Å². The van der Waals surface area contributed by atoms with Gasteiger partial charge in [-0.05, 0) is 105 Å². The molecule has 1 aliphatic carbocycles. The highest BCUT2D eigenvalue weighted by atomic mass is 16.7. The Balaban J connectivity index is 1.18. The number of nitrogens with zero attached hydrogens (tertiary/aromatic N) is 1. The second kappa shape index (κ2) is 20.1. The van der Waals surface area contributed by atoms with Gasteiger partial charge in [-0.3, -0.25) is 19.3 Å². The van der Waals surface area contributed by atoms with Crippen LogP contribution in [0.15, 0.2) is 72.8 Å². The number of piperidine rings is 1. The maximum Gasteiger partial charge on any atom is 0.303 e. The maximum atomic E-state index is 13.9. The van der Waals surface area contributed by atoms with Gasteiger partial charge < -0.3 is 30.3 Å². The number of likely N-dealkylation sites (tertiary alicyclic amines) is 1. The fourth-order valence-corrected chi connectivity index (χ4v) is 8.93. The van der Waals surface area contributed by atoms with Crippen molar-refractivity contribution >= 4 is 17.8 Å². The molecular weight excluding hydrogens is 719 g/mol. The normalized spacial score (nSPS) is 24.0. The van der Waals surface area contributed by atoms with Crippen LogP contribution >= 0.6 is 0 Å². The first-order valence-electron chi connectivity index (χ1n) is 21.2. The van der Waals surface area contributed by atoms with E-state index in [9.17, 15) is 19.5 Å². The minimum Gasteiger partial charge on any atom is -0.481 e. The van der Waals surface area contributed by atoms with E-state index in [0.29, 0.717) is 44.3 Å². The summed E-state index contributed by atoms with van der Waals surface area (Å²) < 4.78 is 13.7. The number of hydrogen-bond acceptors (Lipinski definition) is 7. The van der Waals surface area contributed by atoms with Crippen molar-refractivity contribution in [1.82, 2.24) is 15.5 Å². The van der Waals surface area contributed by atoms with E-state index >= 15 is 0 Å². The number of ether oxygens (including phenoxy) is 2. The number of unbranched alkanes of at least 4 members (excludes halogenated alkanes) is 3. The molecule has 308 valence electrons. The maximum absolute atomic E-state index is 13.9. The van der Waals surface area contributed by atoms with Crippen molar-refractivity contribution in [2.45, 2.75) is 154 Å². The van der Waals surface area contributed by atoms with Gasteiger partial charge in [-0.15, -0.1) is 0 Å². The monoisotopic (exact) mass is 781 g/mol. The van der Waals surface area contributed by atoms with Gasteiger partial charge in [0.1, 0.15) is 0 Å². The Bertz CT molecular complexity index is 1790. The van der Waals surface area contributed by atoms with Crippen LogP contribution in [0.2, 0.25) is 0 Å². The van der Waals surface area contributed by atoms with Crippen LogP contribution < -0.4 is 10.6 Å². The summed E-state index contributed by atoms with van der Waals surface area (Å²) in [4.78, 5) is 39.6. The van der Waals surface area contributed by atoms with Crippen LogP contribution in [-0.2, 0) is 37.0 Å². The van der Waals surface area contributed by atoms with Crippen LogP contribution in [-0.4, -0.2) is 63.2 Å². The lowest BCUT2D eigenvalue weighted by Gasteiger charge is -2.50. The molecule has 0 unspecified atom stereocenters. The number of amides is 2. The number of hydrogen-bond donors (Lipinski definition) is 4. The number of carbonyl (C=O) groups is 3. The molecule has 57 heavy (non-hydrogen) atoms. The van der Waals surface area contributed by atoms with Gasteiger partial charge in [-0.1, -0.05) is 86.3 Å². The standard InChI is InChI=1S/C47H63N3O7/c1-47(2,3)49-45(55)41-25-24-34-13-8-9-17-40(34)50(41)30-39-28-42(35-22-20-32(31-51)21-23-35)57-46(56-39)38-16-11-15-37(27-38)36-14-10-12-33(26-36)29-48-43(52)18-6-4-5-7-19-44(53)54/h10-12,14-16,20-23,26-27,34,39-42,46,51H,4-9,13,17-19,24-25,28-31H2,1-3H3,(H,48,52)(H,49,55)(H,53,54)/t34-,39-,40-,41-,42+,46+/m1/s1. The van der Waals surface area contributed by atoms with E-state index in [2.05, 4.69) is 39.8 Å². The Hall–Kier alpha value is -4.09. The molecule has 3 aliphatic rings. The number of aliphatic hydroxyl groups excluding tert-OH is 1. The summed E-state index contributed by atoms with van der Waals surface area (Å²) in [6.07, 6.45) is 9.90. The third-order valence-corrected chi connectivity index (χ3v) is 11.8. The summed E-state index contributed by atoms with van der Waals surface area (Å²) in [5, 5.41) is 24.9. The Morgan fingerprint density at radius 1 is 0.789 bits per heavy atom. The largest absolute Gasteiger partial charge is 0.481 e. The molecule has 3 aromatic rings. The molecule has 6 atom stereocenters. The Morgan fingerprint density at radius 3 is 2.25 bits per heavy atom.